The SMILES string of the molecule is COCC(=O)Nc1ncc(C=CC(=O)O)s1. The van der Waals surface area contributed by atoms with Gasteiger partial charge in [-0.15, -0.1) is 0 Å². The predicted molar refractivity (Wildman–Crippen MR) is 59.3 cm³/mol. The van der Waals surface area contributed by atoms with Crippen LogP contribution < -0.4 is 5.32 Å². The second-order valence-corrected chi connectivity index (χ2v) is 3.78. The van der Waals surface area contributed by atoms with Crippen molar-refractivity contribution < 1.29 is 19.4 Å². The van der Waals surface area contributed by atoms with Crippen LogP contribution in [0.4, 0.5) is 5.13 Å². The molecule has 0 aliphatic heterocycles. The lowest BCUT2D eigenvalue weighted by molar-refractivity contribution is -0.131. The Balaban J connectivity index is 2.58. The molecule has 0 fully saturated rings. The maximum atomic E-state index is 11.1. The number of hydrogen-bond acceptors (Lipinski definition) is 5. The second kappa shape index (κ2) is 5.99. The summed E-state index contributed by atoms with van der Waals surface area (Å²) in [4.78, 5) is 25.9. The van der Waals surface area contributed by atoms with E-state index in [1.807, 2.05) is 0 Å². The minimum atomic E-state index is -1.03. The summed E-state index contributed by atoms with van der Waals surface area (Å²) in [6.07, 6.45) is 3.90. The van der Waals surface area contributed by atoms with Gasteiger partial charge >= 0.3 is 5.97 Å². The predicted octanol–water partition coefficient (Wildman–Crippen LogP) is 0.826. The van der Waals surface area contributed by atoms with Gasteiger partial charge in [0.05, 0.1) is 0 Å². The fourth-order valence-electron chi connectivity index (χ4n) is 0.861. The van der Waals surface area contributed by atoms with E-state index in [4.69, 9.17) is 5.11 Å². The molecule has 0 aliphatic carbocycles. The number of rotatable bonds is 5. The molecule has 0 atom stereocenters. The molecule has 1 heterocycles. The number of thiazole rings is 1. The van der Waals surface area contributed by atoms with Gasteiger partial charge in [-0.2, -0.15) is 0 Å². The van der Waals surface area contributed by atoms with Crippen molar-refractivity contribution >= 4 is 34.4 Å². The average molecular weight is 242 g/mol. The molecule has 0 unspecified atom stereocenters. The zero-order valence-electron chi connectivity index (χ0n) is 8.47. The molecule has 1 rings (SSSR count). The Bertz CT molecular complexity index is 413. The van der Waals surface area contributed by atoms with Crippen molar-refractivity contribution in [3.8, 4) is 0 Å². The summed E-state index contributed by atoms with van der Waals surface area (Å²) in [7, 11) is 1.42. The van der Waals surface area contributed by atoms with E-state index in [0.717, 1.165) is 6.08 Å². The van der Waals surface area contributed by atoms with Gasteiger partial charge in [-0.1, -0.05) is 11.3 Å². The lowest BCUT2D eigenvalue weighted by Crippen LogP contribution is -2.16. The molecular formula is C9H10N2O4S. The van der Waals surface area contributed by atoms with Crippen LogP contribution in [0, 0.1) is 0 Å². The van der Waals surface area contributed by atoms with E-state index < -0.39 is 5.97 Å². The first-order valence-electron chi connectivity index (χ1n) is 4.27. The van der Waals surface area contributed by atoms with Crippen molar-refractivity contribution in [3.63, 3.8) is 0 Å². The van der Waals surface area contributed by atoms with Crippen LogP contribution in [0.5, 0.6) is 0 Å². The summed E-state index contributed by atoms with van der Waals surface area (Å²) >= 11 is 1.18. The Hall–Kier alpha value is -1.73. The number of carbonyl (C=O) groups excluding carboxylic acids is 1. The fourth-order valence-corrected chi connectivity index (χ4v) is 1.60. The Morgan fingerprint density at radius 3 is 3.06 bits per heavy atom. The van der Waals surface area contributed by atoms with Crippen molar-refractivity contribution in [1.29, 1.82) is 0 Å². The number of carbonyl (C=O) groups is 2. The molecule has 1 aromatic heterocycles. The number of aromatic nitrogens is 1. The number of nitrogens with one attached hydrogen (secondary N) is 1. The highest BCUT2D eigenvalue weighted by molar-refractivity contribution is 7.16. The molecule has 16 heavy (non-hydrogen) atoms. The summed E-state index contributed by atoms with van der Waals surface area (Å²) in [6.45, 7) is -0.0418. The molecule has 1 amide bonds. The standard InChI is InChI=1S/C9H10N2O4S/c1-15-5-7(12)11-9-10-4-6(16-9)2-3-8(13)14/h2-4H,5H2,1H3,(H,13,14)(H,10,11,12). The zero-order valence-corrected chi connectivity index (χ0v) is 9.28. The van der Waals surface area contributed by atoms with Gasteiger partial charge in [0.25, 0.3) is 5.91 Å². The molecule has 0 radical (unpaired) electrons. The molecule has 0 saturated heterocycles. The molecular weight excluding hydrogens is 232 g/mol. The number of ether oxygens (including phenoxy) is 1. The van der Waals surface area contributed by atoms with E-state index in [1.165, 1.54) is 30.7 Å². The van der Waals surface area contributed by atoms with Gasteiger partial charge in [-0.05, 0) is 6.08 Å². The number of carboxylic acids is 1. The number of amides is 1. The van der Waals surface area contributed by atoms with Crippen LogP contribution in [0.3, 0.4) is 0 Å². The maximum Gasteiger partial charge on any atom is 0.328 e. The first-order chi connectivity index (χ1) is 7.61. The number of nitrogens with zero attached hydrogens (tertiary/aromatic N) is 1. The topological polar surface area (TPSA) is 88.5 Å². The number of anilines is 1. The van der Waals surface area contributed by atoms with Crippen molar-refractivity contribution in [1.82, 2.24) is 4.98 Å². The van der Waals surface area contributed by atoms with Gasteiger partial charge in [0.1, 0.15) is 6.61 Å². The molecule has 2 N–H and O–H groups in total. The Morgan fingerprint density at radius 1 is 1.69 bits per heavy atom. The van der Waals surface area contributed by atoms with Crippen molar-refractivity contribution in [3.05, 3.63) is 17.2 Å². The van der Waals surface area contributed by atoms with E-state index in [0.29, 0.717) is 10.0 Å². The Morgan fingerprint density at radius 2 is 2.44 bits per heavy atom. The first kappa shape index (κ1) is 12.3. The molecule has 7 heteroatoms. The molecule has 0 bridgehead atoms. The van der Waals surface area contributed by atoms with E-state index in [1.54, 1.807) is 0 Å². The van der Waals surface area contributed by atoms with Crippen LogP contribution in [0.25, 0.3) is 6.08 Å². The van der Waals surface area contributed by atoms with Crippen molar-refractivity contribution in [2.75, 3.05) is 19.0 Å². The highest BCUT2D eigenvalue weighted by Gasteiger charge is 2.04. The van der Waals surface area contributed by atoms with Crippen LogP contribution in [-0.2, 0) is 14.3 Å². The molecule has 6 nitrogen and oxygen atoms in total. The highest BCUT2D eigenvalue weighted by atomic mass is 32.1. The number of carboxylic acid groups (broad SMARTS) is 1. The number of methoxy groups -OCH3 is 1. The third-order valence-electron chi connectivity index (χ3n) is 1.44. The summed E-state index contributed by atoms with van der Waals surface area (Å²) < 4.78 is 4.63. The summed E-state index contributed by atoms with van der Waals surface area (Å²) in [5.41, 5.74) is 0. The van der Waals surface area contributed by atoms with Gasteiger partial charge < -0.3 is 9.84 Å². The fraction of sp³-hybridized carbons (Fsp3) is 0.222. The zero-order chi connectivity index (χ0) is 12.0. The van der Waals surface area contributed by atoms with Crippen LogP contribution in [0.15, 0.2) is 12.3 Å². The van der Waals surface area contributed by atoms with E-state index in [2.05, 4.69) is 15.0 Å². The average Bonchev–Trinajstić information content (AvgIpc) is 2.63. The third-order valence-corrected chi connectivity index (χ3v) is 2.31. The minimum Gasteiger partial charge on any atom is -0.478 e. The van der Waals surface area contributed by atoms with Gasteiger partial charge in [-0.25, -0.2) is 9.78 Å². The minimum absolute atomic E-state index is 0.0418. The van der Waals surface area contributed by atoms with Gasteiger partial charge in [-0.3, -0.25) is 10.1 Å². The number of aliphatic carboxylic acids is 1. The largest absolute Gasteiger partial charge is 0.478 e. The quantitative estimate of drug-likeness (QED) is 0.746. The first-order valence-corrected chi connectivity index (χ1v) is 5.09. The van der Waals surface area contributed by atoms with Crippen molar-refractivity contribution in [2.45, 2.75) is 0 Å². The summed E-state index contributed by atoms with van der Waals surface area (Å²) in [6, 6.07) is 0. The monoisotopic (exact) mass is 242 g/mol. The maximum absolute atomic E-state index is 11.1. The molecule has 86 valence electrons. The second-order valence-electron chi connectivity index (χ2n) is 2.72. The Kier molecular flexibility index (Phi) is 4.62. The van der Waals surface area contributed by atoms with E-state index in [9.17, 15) is 9.59 Å². The van der Waals surface area contributed by atoms with Crippen LogP contribution in [0.1, 0.15) is 4.88 Å². The molecule has 0 spiro atoms. The third kappa shape index (κ3) is 4.20. The van der Waals surface area contributed by atoms with Gasteiger partial charge in [0.15, 0.2) is 5.13 Å². The lowest BCUT2D eigenvalue weighted by Gasteiger charge is -1.98. The molecule has 0 aliphatic rings. The normalized spacial score (nSPS) is 10.6. The lowest BCUT2D eigenvalue weighted by atomic mass is 10.4. The highest BCUT2D eigenvalue weighted by Crippen LogP contribution is 2.19. The summed E-state index contributed by atoms with van der Waals surface area (Å²) in [5, 5.41) is 11.3. The van der Waals surface area contributed by atoms with Gasteiger partial charge in [0, 0.05) is 24.3 Å². The van der Waals surface area contributed by atoms with Crippen LogP contribution >= 0.6 is 11.3 Å². The van der Waals surface area contributed by atoms with E-state index >= 15 is 0 Å². The van der Waals surface area contributed by atoms with E-state index in [-0.39, 0.29) is 12.5 Å². The van der Waals surface area contributed by atoms with Crippen LogP contribution in [-0.4, -0.2) is 35.7 Å². The van der Waals surface area contributed by atoms with Crippen LogP contribution in [0.2, 0.25) is 0 Å². The van der Waals surface area contributed by atoms with Crippen molar-refractivity contribution in [2.24, 2.45) is 0 Å². The molecule has 1 aromatic rings. The molecule has 0 aromatic carbocycles. The Labute approximate surface area is 95.6 Å². The smallest absolute Gasteiger partial charge is 0.328 e. The number of hydrogen-bond donors (Lipinski definition) is 2. The summed E-state index contributed by atoms with van der Waals surface area (Å²) in [5.74, 6) is -1.33. The van der Waals surface area contributed by atoms with Gasteiger partial charge in [0.2, 0.25) is 0 Å². The molecule has 0 saturated carbocycles.